The zero-order chi connectivity index (χ0) is 11.8. The SMILES string of the molecule is COCCOCCCN1CC(CN)OC1=O. The third-order valence-corrected chi connectivity index (χ3v) is 2.36. The number of hydrogen-bond donors (Lipinski definition) is 1. The van der Waals surface area contributed by atoms with Gasteiger partial charge in [-0.3, -0.25) is 0 Å². The van der Waals surface area contributed by atoms with E-state index in [0.29, 0.717) is 39.5 Å². The van der Waals surface area contributed by atoms with Crippen molar-refractivity contribution in [2.45, 2.75) is 12.5 Å². The van der Waals surface area contributed by atoms with E-state index in [1.165, 1.54) is 0 Å². The first-order valence-corrected chi connectivity index (χ1v) is 5.50. The highest BCUT2D eigenvalue weighted by molar-refractivity contribution is 5.69. The van der Waals surface area contributed by atoms with Crippen molar-refractivity contribution in [1.29, 1.82) is 0 Å². The van der Waals surface area contributed by atoms with E-state index >= 15 is 0 Å². The maximum Gasteiger partial charge on any atom is 0.410 e. The Morgan fingerprint density at radius 3 is 2.94 bits per heavy atom. The molecular formula is C10H20N2O4. The van der Waals surface area contributed by atoms with Crippen molar-refractivity contribution < 1.29 is 19.0 Å². The molecule has 0 bridgehead atoms. The van der Waals surface area contributed by atoms with Gasteiger partial charge in [0, 0.05) is 26.8 Å². The molecule has 0 aromatic carbocycles. The van der Waals surface area contributed by atoms with Crippen molar-refractivity contribution in [3.8, 4) is 0 Å². The molecule has 1 heterocycles. The molecule has 1 unspecified atom stereocenters. The Kier molecular flexibility index (Phi) is 6.14. The number of ether oxygens (including phenoxy) is 3. The summed E-state index contributed by atoms with van der Waals surface area (Å²) in [7, 11) is 1.64. The van der Waals surface area contributed by atoms with Crippen LogP contribution in [0.25, 0.3) is 0 Å². The number of rotatable bonds is 8. The third kappa shape index (κ3) is 4.34. The van der Waals surface area contributed by atoms with Gasteiger partial charge >= 0.3 is 6.09 Å². The summed E-state index contributed by atoms with van der Waals surface area (Å²) in [5.74, 6) is 0. The van der Waals surface area contributed by atoms with Crippen LogP contribution in [0.3, 0.4) is 0 Å². The Bertz CT molecular complexity index is 213. The molecule has 0 saturated carbocycles. The summed E-state index contributed by atoms with van der Waals surface area (Å²) >= 11 is 0. The molecule has 0 radical (unpaired) electrons. The summed E-state index contributed by atoms with van der Waals surface area (Å²) in [6, 6.07) is 0. The molecule has 0 aliphatic carbocycles. The summed E-state index contributed by atoms with van der Waals surface area (Å²) in [5, 5.41) is 0. The highest BCUT2D eigenvalue weighted by Gasteiger charge is 2.29. The second kappa shape index (κ2) is 7.43. The molecule has 1 saturated heterocycles. The molecular weight excluding hydrogens is 212 g/mol. The van der Waals surface area contributed by atoms with Gasteiger partial charge in [-0.2, -0.15) is 0 Å². The van der Waals surface area contributed by atoms with Crippen molar-refractivity contribution >= 4 is 6.09 Å². The molecule has 0 spiro atoms. The Labute approximate surface area is 95.6 Å². The van der Waals surface area contributed by atoms with Crippen LogP contribution in [0.15, 0.2) is 0 Å². The molecule has 94 valence electrons. The van der Waals surface area contributed by atoms with Gasteiger partial charge in [0.2, 0.25) is 0 Å². The average molecular weight is 232 g/mol. The van der Waals surface area contributed by atoms with Crippen molar-refractivity contribution in [3.63, 3.8) is 0 Å². The summed E-state index contributed by atoms with van der Waals surface area (Å²) in [5.41, 5.74) is 5.43. The number of carbonyl (C=O) groups is 1. The first kappa shape index (κ1) is 13.2. The van der Waals surface area contributed by atoms with E-state index in [0.717, 1.165) is 6.42 Å². The van der Waals surface area contributed by atoms with Crippen LogP contribution in [-0.4, -0.2) is 63.7 Å². The first-order valence-electron chi connectivity index (χ1n) is 5.50. The minimum absolute atomic E-state index is 0.151. The fourth-order valence-electron chi connectivity index (χ4n) is 1.48. The zero-order valence-corrected chi connectivity index (χ0v) is 9.68. The van der Waals surface area contributed by atoms with Crippen LogP contribution in [-0.2, 0) is 14.2 Å². The minimum atomic E-state index is -0.271. The summed E-state index contributed by atoms with van der Waals surface area (Å²) < 4.78 is 15.2. The molecule has 1 fully saturated rings. The van der Waals surface area contributed by atoms with Crippen LogP contribution in [0.5, 0.6) is 0 Å². The van der Waals surface area contributed by atoms with E-state index in [-0.39, 0.29) is 12.2 Å². The smallest absolute Gasteiger partial charge is 0.410 e. The average Bonchev–Trinajstić information content (AvgIpc) is 2.65. The van der Waals surface area contributed by atoms with Gasteiger partial charge in [-0.05, 0) is 6.42 Å². The largest absolute Gasteiger partial charge is 0.443 e. The highest BCUT2D eigenvalue weighted by Crippen LogP contribution is 2.10. The molecule has 16 heavy (non-hydrogen) atoms. The number of methoxy groups -OCH3 is 1. The second-order valence-electron chi connectivity index (χ2n) is 3.65. The monoisotopic (exact) mass is 232 g/mol. The molecule has 1 rings (SSSR count). The number of nitrogens with zero attached hydrogens (tertiary/aromatic N) is 1. The van der Waals surface area contributed by atoms with Gasteiger partial charge in [0.25, 0.3) is 0 Å². The Morgan fingerprint density at radius 2 is 2.31 bits per heavy atom. The molecule has 1 aliphatic heterocycles. The topological polar surface area (TPSA) is 74.0 Å². The van der Waals surface area contributed by atoms with Gasteiger partial charge in [0.15, 0.2) is 0 Å². The summed E-state index contributed by atoms with van der Waals surface area (Å²) in [4.78, 5) is 13.0. The van der Waals surface area contributed by atoms with Crippen molar-refractivity contribution in [3.05, 3.63) is 0 Å². The van der Waals surface area contributed by atoms with Gasteiger partial charge in [-0.25, -0.2) is 4.79 Å². The number of carbonyl (C=O) groups excluding carboxylic acids is 1. The predicted molar refractivity (Wildman–Crippen MR) is 58.2 cm³/mol. The van der Waals surface area contributed by atoms with E-state index in [1.807, 2.05) is 0 Å². The molecule has 1 atom stereocenters. The van der Waals surface area contributed by atoms with Crippen molar-refractivity contribution in [2.75, 3.05) is 46.6 Å². The van der Waals surface area contributed by atoms with Crippen molar-refractivity contribution in [1.82, 2.24) is 4.90 Å². The van der Waals surface area contributed by atoms with E-state index in [4.69, 9.17) is 19.9 Å². The lowest BCUT2D eigenvalue weighted by molar-refractivity contribution is 0.0667. The number of amides is 1. The van der Waals surface area contributed by atoms with Gasteiger partial charge < -0.3 is 24.8 Å². The molecule has 0 aromatic rings. The zero-order valence-electron chi connectivity index (χ0n) is 9.68. The van der Waals surface area contributed by atoms with Crippen molar-refractivity contribution in [2.24, 2.45) is 5.73 Å². The Balaban J connectivity index is 2.03. The lowest BCUT2D eigenvalue weighted by Gasteiger charge is -2.12. The molecule has 6 heteroatoms. The molecule has 1 aliphatic rings. The normalized spacial score (nSPS) is 20.2. The van der Waals surface area contributed by atoms with Crippen LogP contribution in [0.4, 0.5) is 4.79 Å². The van der Waals surface area contributed by atoms with Crippen LogP contribution >= 0.6 is 0 Å². The van der Waals surface area contributed by atoms with Crippen LogP contribution in [0.1, 0.15) is 6.42 Å². The van der Waals surface area contributed by atoms with E-state index in [1.54, 1.807) is 12.0 Å². The van der Waals surface area contributed by atoms with E-state index in [9.17, 15) is 4.79 Å². The lowest BCUT2D eigenvalue weighted by atomic mass is 10.3. The van der Waals surface area contributed by atoms with Gasteiger partial charge in [-0.15, -0.1) is 0 Å². The quantitative estimate of drug-likeness (QED) is 0.588. The first-order chi connectivity index (χ1) is 7.77. The number of cyclic esters (lactones) is 1. The minimum Gasteiger partial charge on any atom is -0.443 e. The highest BCUT2D eigenvalue weighted by atomic mass is 16.6. The Morgan fingerprint density at radius 1 is 1.50 bits per heavy atom. The van der Waals surface area contributed by atoms with Gasteiger partial charge in [0.05, 0.1) is 19.8 Å². The maximum atomic E-state index is 11.3. The molecule has 0 aromatic heterocycles. The summed E-state index contributed by atoms with van der Waals surface area (Å²) in [6.45, 7) is 3.44. The van der Waals surface area contributed by atoms with Gasteiger partial charge in [0.1, 0.15) is 6.10 Å². The Hall–Kier alpha value is -0.850. The molecule has 1 amide bonds. The lowest BCUT2D eigenvalue weighted by Crippen LogP contribution is -2.29. The van der Waals surface area contributed by atoms with E-state index in [2.05, 4.69) is 0 Å². The molecule has 6 nitrogen and oxygen atoms in total. The predicted octanol–water partition coefficient (Wildman–Crippen LogP) is -0.181. The number of nitrogens with two attached hydrogens (primary N) is 1. The fourth-order valence-corrected chi connectivity index (χ4v) is 1.48. The van der Waals surface area contributed by atoms with Crippen LogP contribution < -0.4 is 5.73 Å². The molecule has 2 N–H and O–H groups in total. The van der Waals surface area contributed by atoms with Gasteiger partial charge in [-0.1, -0.05) is 0 Å². The standard InChI is InChI=1S/C10H20N2O4/c1-14-5-6-15-4-2-3-12-8-9(7-11)16-10(12)13/h9H,2-8,11H2,1H3. The third-order valence-electron chi connectivity index (χ3n) is 2.36. The van der Waals surface area contributed by atoms with Crippen LogP contribution in [0, 0.1) is 0 Å². The maximum absolute atomic E-state index is 11.3. The number of hydrogen-bond acceptors (Lipinski definition) is 5. The fraction of sp³-hybridized carbons (Fsp3) is 0.900. The second-order valence-corrected chi connectivity index (χ2v) is 3.65. The van der Waals surface area contributed by atoms with E-state index < -0.39 is 0 Å². The van der Waals surface area contributed by atoms with Crippen LogP contribution in [0.2, 0.25) is 0 Å². The summed E-state index contributed by atoms with van der Waals surface area (Å²) in [6.07, 6.45) is 0.380.